The highest BCUT2D eigenvalue weighted by Gasteiger charge is 2.67. The molecule has 1 aliphatic rings. The van der Waals surface area contributed by atoms with Crippen molar-refractivity contribution in [3.8, 4) is 0 Å². The van der Waals surface area contributed by atoms with E-state index in [1.54, 1.807) is 6.07 Å². The van der Waals surface area contributed by atoms with Gasteiger partial charge < -0.3 is 20.1 Å². The Hall–Kier alpha value is -3.71. The minimum absolute atomic E-state index is 0. The number of carbonyl (C=O) groups is 4. The number of hydrogen-bond acceptors (Lipinski definition) is 6. The number of benzene rings is 3. The second-order valence-electron chi connectivity index (χ2n) is 13.0. The van der Waals surface area contributed by atoms with Gasteiger partial charge in [-0.15, -0.1) is 23.2 Å². The molecule has 266 valence electrons. The van der Waals surface area contributed by atoms with Crippen LogP contribution in [0.2, 0.25) is 10.0 Å². The minimum Gasteiger partial charge on any atom is -0.443 e. The number of imide groups is 1. The summed E-state index contributed by atoms with van der Waals surface area (Å²) in [4.78, 5) is 52.6. The van der Waals surface area contributed by atoms with Crippen molar-refractivity contribution in [2.75, 3.05) is 15.5 Å². The van der Waals surface area contributed by atoms with Crippen molar-refractivity contribution in [2.45, 2.75) is 63.0 Å². The van der Waals surface area contributed by atoms with E-state index in [-0.39, 0.29) is 18.5 Å². The van der Waals surface area contributed by atoms with Crippen molar-refractivity contribution >= 4 is 87.5 Å². The zero-order valence-electron chi connectivity index (χ0n) is 26.8. The van der Waals surface area contributed by atoms with Gasteiger partial charge in [-0.1, -0.05) is 29.3 Å². The fraction of sp³-hybridized carbons (Fsp3) is 0.333. The number of hydrogen-bond donors (Lipinski definition) is 2. The Balaban J connectivity index is 0.00000451. The molecule has 49 heavy (non-hydrogen) atoms. The lowest BCUT2D eigenvalue weighted by molar-refractivity contribution is -0.117. The quantitative estimate of drug-likeness (QED) is 0.242. The van der Waals surface area contributed by atoms with E-state index in [1.165, 1.54) is 59.7 Å². The van der Waals surface area contributed by atoms with Crippen molar-refractivity contribution in [2.24, 2.45) is 5.92 Å². The monoisotopic (exact) mass is 765 g/mol. The molecule has 0 saturated heterocycles. The predicted octanol–water partition coefficient (Wildman–Crippen LogP) is 10.4. The van der Waals surface area contributed by atoms with Gasteiger partial charge in [-0.05, 0) is 83.5 Å². The summed E-state index contributed by atoms with van der Waals surface area (Å²) >= 11 is 24.9. The summed E-state index contributed by atoms with van der Waals surface area (Å²) < 4.78 is 53.9. The van der Waals surface area contributed by atoms with Crippen LogP contribution in [0.4, 0.5) is 39.8 Å². The molecule has 1 saturated carbocycles. The maximum Gasteiger partial charge on any atom is 0.424 e. The molecule has 2 N–H and O–H groups in total. The number of rotatable bonds is 6. The van der Waals surface area contributed by atoms with Gasteiger partial charge in [0.1, 0.15) is 27.2 Å². The van der Waals surface area contributed by atoms with Crippen LogP contribution >= 0.6 is 46.4 Å². The van der Waals surface area contributed by atoms with Crippen LogP contribution in [-0.2, 0) is 14.3 Å². The van der Waals surface area contributed by atoms with E-state index in [1.807, 2.05) is 0 Å². The Morgan fingerprint density at radius 3 is 1.92 bits per heavy atom. The Morgan fingerprint density at radius 1 is 0.776 bits per heavy atom. The van der Waals surface area contributed by atoms with Crippen LogP contribution in [0.1, 0.15) is 66.2 Å². The molecule has 3 aromatic carbocycles. The van der Waals surface area contributed by atoms with Gasteiger partial charge in [-0.3, -0.25) is 9.59 Å². The molecular formula is C33H34Cl4F3N3O6. The smallest absolute Gasteiger partial charge is 0.424 e. The molecule has 0 radical (unpaired) electrons. The molecule has 16 heteroatoms. The van der Waals surface area contributed by atoms with Gasteiger partial charge in [0.05, 0.1) is 32.9 Å². The van der Waals surface area contributed by atoms with Crippen molar-refractivity contribution in [1.29, 1.82) is 0 Å². The normalized spacial score (nSPS) is 16.8. The van der Waals surface area contributed by atoms with E-state index in [2.05, 4.69) is 10.6 Å². The summed E-state index contributed by atoms with van der Waals surface area (Å²) in [6.07, 6.45) is -2.71. The highest BCUT2D eigenvalue weighted by molar-refractivity contribution is 6.53. The molecule has 0 spiro atoms. The standard InChI is InChI=1S/C33H30Cl4F3N3O6.2H2/c1-31(2,3)48-29(46)43(30(47)49-32(4,5)6)24-14-23(21(39)13-22(24)40)42-27(44)17-12-16(8-10-20(17)38)41-28(45)26-25(33(26,36)37)15-7-9-18(34)19(35)11-15;;/h7-14,25-26H,1-6H3,(H,41,45)(H,42,44);2*1H/t25-,26+;;/m0../s1. The highest BCUT2D eigenvalue weighted by atomic mass is 35.5. The number of nitrogens with zero attached hydrogens (tertiary/aromatic N) is 1. The summed E-state index contributed by atoms with van der Waals surface area (Å²) in [7, 11) is 0. The molecule has 0 aliphatic heterocycles. The van der Waals surface area contributed by atoms with Gasteiger partial charge in [0.25, 0.3) is 5.91 Å². The van der Waals surface area contributed by atoms with Crippen LogP contribution in [-0.4, -0.2) is 39.5 Å². The molecule has 3 aromatic rings. The van der Waals surface area contributed by atoms with E-state index < -0.39 is 85.8 Å². The second-order valence-corrected chi connectivity index (χ2v) is 15.3. The fourth-order valence-electron chi connectivity index (χ4n) is 4.65. The first-order chi connectivity index (χ1) is 22.5. The van der Waals surface area contributed by atoms with Crippen molar-refractivity contribution in [1.82, 2.24) is 0 Å². The Morgan fingerprint density at radius 2 is 1.37 bits per heavy atom. The van der Waals surface area contributed by atoms with Gasteiger partial charge in [0, 0.05) is 20.5 Å². The van der Waals surface area contributed by atoms with Gasteiger partial charge in [-0.25, -0.2) is 22.8 Å². The van der Waals surface area contributed by atoms with Gasteiger partial charge in [-0.2, -0.15) is 4.90 Å². The molecule has 0 aromatic heterocycles. The summed E-state index contributed by atoms with van der Waals surface area (Å²) in [5, 5.41) is 5.15. The van der Waals surface area contributed by atoms with Crippen LogP contribution in [0, 0.1) is 23.4 Å². The summed E-state index contributed by atoms with van der Waals surface area (Å²) in [6.45, 7) is 8.98. The van der Waals surface area contributed by atoms with E-state index in [0.717, 1.165) is 12.1 Å². The average Bonchev–Trinajstić information content (AvgIpc) is 3.53. The van der Waals surface area contributed by atoms with Crippen molar-refractivity contribution < 1.29 is 44.7 Å². The minimum atomic E-state index is -1.51. The van der Waals surface area contributed by atoms with E-state index in [9.17, 15) is 28.0 Å². The number of nitrogens with one attached hydrogen (secondary N) is 2. The molecule has 4 amide bonds. The van der Waals surface area contributed by atoms with Crippen LogP contribution in [0.15, 0.2) is 48.5 Å². The lowest BCUT2D eigenvalue weighted by Gasteiger charge is -2.29. The third kappa shape index (κ3) is 8.91. The van der Waals surface area contributed by atoms with Crippen LogP contribution in [0.25, 0.3) is 0 Å². The largest absolute Gasteiger partial charge is 0.443 e. The number of alkyl halides is 2. The topological polar surface area (TPSA) is 114 Å². The van der Waals surface area contributed by atoms with Gasteiger partial charge in [0.2, 0.25) is 5.91 Å². The predicted molar refractivity (Wildman–Crippen MR) is 186 cm³/mol. The van der Waals surface area contributed by atoms with E-state index >= 15 is 4.39 Å². The lowest BCUT2D eigenvalue weighted by Crippen LogP contribution is -2.44. The van der Waals surface area contributed by atoms with Crippen molar-refractivity contribution in [3.05, 3.63) is 87.2 Å². The molecule has 0 unspecified atom stereocenters. The summed E-state index contributed by atoms with van der Waals surface area (Å²) in [5.41, 5.74) is -3.97. The first kappa shape index (κ1) is 38.1. The zero-order chi connectivity index (χ0) is 36.8. The van der Waals surface area contributed by atoms with E-state index in [4.69, 9.17) is 55.9 Å². The third-order valence-corrected chi connectivity index (χ3v) is 8.47. The maximum absolute atomic E-state index is 15.1. The second kappa shape index (κ2) is 13.9. The number of carbonyl (C=O) groups excluding carboxylic acids is 4. The fourth-order valence-corrected chi connectivity index (χ4v) is 5.79. The first-order valence-electron chi connectivity index (χ1n) is 14.5. The molecule has 0 heterocycles. The molecule has 2 atom stereocenters. The SMILES string of the molecule is CC(C)(C)OC(=O)N(C(=O)OC(C)(C)C)c1cc(NC(=O)c2cc(NC(=O)[C@H]3[C@H](c4ccc(Cl)c(Cl)c4)C3(Cl)Cl)ccc2F)c(F)cc1F.[HH].[HH]. The first-order valence-corrected chi connectivity index (χ1v) is 16.0. The zero-order valence-corrected chi connectivity index (χ0v) is 29.8. The number of halogens is 7. The Bertz CT molecular complexity index is 1830. The third-order valence-electron chi connectivity index (χ3n) is 6.80. The van der Waals surface area contributed by atoms with Crippen LogP contribution in [0.5, 0.6) is 0 Å². The summed E-state index contributed by atoms with van der Waals surface area (Å²) in [5.74, 6) is -7.27. The van der Waals surface area contributed by atoms with E-state index in [0.29, 0.717) is 22.7 Å². The lowest BCUT2D eigenvalue weighted by atomic mass is 10.1. The molecule has 9 nitrogen and oxygen atoms in total. The average molecular weight is 767 g/mol. The van der Waals surface area contributed by atoms with Crippen LogP contribution in [0.3, 0.4) is 0 Å². The highest BCUT2D eigenvalue weighted by Crippen LogP contribution is 2.65. The van der Waals surface area contributed by atoms with Crippen LogP contribution < -0.4 is 15.5 Å². The molecule has 1 aliphatic carbocycles. The number of anilines is 3. The molecule has 1 fully saturated rings. The number of ether oxygens (including phenoxy) is 2. The number of amides is 4. The van der Waals surface area contributed by atoms with Gasteiger partial charge >= 0.3 is 12.2 Å². The van der Waals surface area contributed by atoms with Gasteiger partial charge in [0.15, 0.2) is 5.82 Å². The maximum atomic E-state index is 15.1. The molecule has 4 rings (SSSR count). The van der Waals surface area contributed by atoms with Crippen molar-refractivity contribution in [3.63, 3.8) is 0 Å². The molecule has 0 bridgehead atoms. The Labute approximate surface area is 302 Å². The molecular weight excluding hydrogens is 733 g/mol. The summed E-state index contributed by atoms with van der Waals surface area (Å²) in [6, 6.07) is 8.65. The Kier molecular flexibility index (Phi) is 10.8.